The Kier molecular flexibility index (Phi) is 8.55. The Hall–Kier alpha value is -5.12. The number of aliphatic imine (C=N–C) groups is 2. The lowest BCUT2D eigenvalue weighted by Gasteiger charge is -2.19. The Balaban J connectivity index is 1.10. The molecule has 0 saturated heterocycles. The van der Waals surface area contributed by atoms with Gasteiger partial charge < -0.3 is 28.7 Å². The average molecular weight is 609 g/mol. The van der Waals surface area contributed by atoms with E-state index in [1.807, 2.05) is 63.0 Å². The fourth-order valence-corrected chi connectivity index (χ4v) is 5.88. The number of rotatable bonds is 10. The van der Waals surface area contributed by atoms with Crippen LogP contribution in [0, 0.1) is 0 Å². The van der Waals surface area contributed by atoms with Gasteiger partial charge >= 0.3 is 0 Å². The Bertz CT molecular complexity index is 1580. The number of hydrogen-bond acceptors (Lipinski definition) is 8. The van der Waals surface area contributed by atoms with Crippen molar-refractivity contribution in [2.75, 3.05) is 27.4 Å². The molecule has 0 radical (unpaired) electrons. The van der Waals surface area contributed by atoms with E-state index in [0.29, 0.717) is 65.1 Å². The first-order chi connectivity index (χ1) is 21.9. The van der Waals surface area contributed by atoms with E-state index in [1.165, 1.54) is 0 Å². The van der Waals surface area contributed by atoms with Crippen molar-refractivity contribution < 1.29 is 28.5 Å². The van der Waals surface area contributed by atoms with Crippen LogP contribution in [0.3, 0.4) is 0 Å². The number of carbonyl (C=O) groups is 2. The van der Waals surface area contributed by atoms with Crippen molar-refractivity contribution in [3.8, 4) is 23.0 Å². The predicted molar refractivity (Wildman–Crippen MR) is 173 cm³/mol. The standard InChI is InChI=1S/C35H36N4O6/c1-5-8-22-12-24-18-36-28-16-32(30(42-3)14-26(28)34(40)38(24)20-22)44-10-7-11-45-33-17-29-27(15-31(33)43-4)35(41)39-21-23(9-6-2)13-25(39)19-37-29/h5-6,8-9,14-21,24-25H,7,10-13H2,1-4H3/t24-,25-/m0/s1. The molecular formula is C35H36N4O6. The van der Waals surface area contributed by atoms with Crippen LogP contribution in [0.2, 0.25) is 0 Å². The van der Waals surface area contributed by atoms with Crippen molar-refractivity contribution in [3.05, 3.63) is 83.2 Å². The molecule has 0 N–H and O–H groups in total. The van der Waals surface area contributed by atoms with Gasteiger partial charge in [0.25, 0.3) is 11.8 Å². The third-order valence-electron chi connectivity index (χ3n) is 8.04. The minimum atomic E-state index is -0.124. The lowest BCUT2D eigenvalue weighted by atomic mass is 10.1. The summed E-state index contributed by atoms with van der Waals surface area (Å²) in [4.78, 5) is 39.4. The summed E-state index contributed by atoms with van der Waals surface area (Å²) in [5.74, 6) is 1.66. The molecule has 4 aliphatic heterocycles. The van der Waals surface area contributed by atoms with Crippen LogP contribution >= 0.6 is 0 Å². The lowest BCUT2D eigenvalue weighted by molar-refractivity contribution is 0.0809. The van der Waals surface area contributed by atoms with Gasteiger partial charge in [0.05, 0.1) is 62.0 Å². The van der Waals surface area contributed by atoms with E-state index in [-0.39, 0.29) is 23.9 Å². The highest BCUT2D eigenvalue weighted by Gasteiger charge is 2.34. The van der Waals surface area contributed by atoms with Crippen molar-refractivity contribution in [1.82, 2.24) is 9.80 Å². The molecule has 232 valence electrons. The second-order valence-corrected chi connectivity index (χ2v) is 11.0. The molecule has 4 heterocycles. The second kappa shape index (κ2) is 12.9. The molecule has 0 aromatic heterocycles. The van der Waals surface area contributed by atoms with Crippen LogP contribution in [0.25, 0.3) is 0 Å². The van der Waals surface area contributed by atoms with Gasteiger partial charge in [-0.1, -0.05) is 24.3 Å². The van der Waals surface area contributed by atoms with Gasteiger partial charge in [-0.15, -0.1) is 0 Å². The van der Waals surface area contributed by atoms with Crippen molar-refractivity contribution in [3.63, 3.8) is 0 Å². The van der Waals surface area contributed by atoms with E-state index in [1.54, 1.807) is 48.3 Å². The Morgan fingerprint density at radius 1 is 0.711 bits per heavy atom. The van der Waals surface area contributed by atoms with Gasteiger partial charge in [0.1, 0.15) is 0 Å². The Morgan fingerprint density at radius 3 is 1.56 bits per heavy atom. The number of carbonyl (C=O) groups excluding carboxylic acids is 2. The first-order valence-corrected chi connectivity index (χ1v) is 15.0. The number of methoxy groups -OCH3 is 2. The van der Waals surface area contributed by atoms with E-state index < -0.39 is 0 Å². The van der Waals surface area contributed by atoms with Crippen molar-refractivity contribution in [2.24, 2.45) is 9.98 Å². The zero-order chi connectivity index (χ0) is 31.5. The van der Waals surface area contributed by atoms with Gasteiger partial charge in [0.2, 0.25) is 0 Å². The number of fused-ring (bicyclic) bond motifs is 4. The van der Waals surface area contributed by atoms with Crippen molar-refractivity contribution >= 4 is 35.6 Å². The Morgan fingerprint density at radius 2 is 1.16 bits per heavy atom. The predicted octanol–water partition coefficient (Wildman–Crippen LogP) is 6.33. The van der Waals surface area contributed by atoms with Crippen LogP contribution in [-0.2, 0) is 0 Å². The molecule has 2 aromatic rings. The average Bonchev–Trinajstić information content (AvgIpc) is 3.59. The molecular weight excluding hydrogens is 572 g/mol. The van der Waals surface area contributed by atoms with Gasteiger partial charge in [-0.05, 0) is 50.0 Å². The maximum absolute atomic E-state index is 13.4. The summed E-state index contributed by atoms with van der Waals surface area (Å²) >= 11 is 0. The molecule has 0 saturated carbocycles. The molecule has 2 amide bonds. The maximum Gasteiger partial charge on any atom is 0.260 e. The largest absolute Gasteiger partial charge is 0.493 e. The molecule has 2 atom stereocenters. The molecule has 45 heavy (non-hydrogen) atoms. The monoisotopic (exact) mass is 608 g/mol. The smallest absolute Gasteiger partial charge is 0.260 e. The summed E-state index contributed by atoms with van der Waals surface area (Å²) in [6.45, 7) is 4.58. The molecule has 6 rings (SSSR count). The normalized spacial score (nSPS) is 20.0. The highest BCUT2D eigenvalue weighted by molar-refractivity contribution is 6.05. The summed E-state index contributed by atoms with van der Waals surface area (Å²) in [6.07, 6.45) is 17.3. The molecule has 10 heteroatoms. The first kappa shape index (κ1) is 29.9. The molecule has 4 aliphatic rings. The van der Waals surface area contributed by atoms with Gasteiger partial charge in [0.15, 0.2) is 23.0 Å². The quantitative estimate of drug-likeness (QED) is 0.292. The number of amides is 2. The van der Waals surface area contributed by atoms with E-state index in [4.69, 9.17) is 18.9 Å². The molecule has 0 spiro atoms. The molecule has 0 fully saturated rings. The maximum atomic E-state index is 13.4. The third kappa shape index (κ3) is 5.87. The van der Waals surface area contributed by atoms with Crippen LogP contribution in [0.15, 0.2) is 82.1 Å². The van der Waals surface area contributed by atoms with Crippen LogP contribution in [-0.4, -0.2) is 73.6 Å². The molecule has 0 bridgehead atoms. The minimum Gasteiger partial charge on any atom is -0.493 e. The van der Waals surface area contributed by atoms with Crippen LogP contribution in [0.5, 0.6) is 23.0 Å². The van der Waals surface area contributed by atoms with Crippen LogP contribution in [0.4, 0.5) is 11.4 Å². The zero-order valence-electron chi connectivity index (χ0n) is 25.9. The van der Waals surface area contributed by atoms with E-state index >= 15 is 0 Å². The van der Waals surface area contributed by atoms with E-state index in [0.717, 1.165) is 24.0 Å². The van der Waals surface area contributed by atoms with Crippen molar-refractivity contribution in [2.45, 2.75) is 45.2 Å². The number of ether oxygens (including phenoxy) is 4. The first-order valence-electron chi connectivity index (χ1n) is 15.0. The third-order valence-corrected chi connectivity index (χ3v) is 8.04. The summed E-state index contributed by atoms with van der Waals surface area (Å²) in [5, 5.41) is 0. The summed E-state index contributed by atoms with van der Waals surface area (Å²) in [6, 6.07) is 6.62. The summed E-state index contributed by atoms with van der Waals surface area (Å²) in [7, 11) is 3.09. The van der Waals surface area contributed by atoms with Gasteiger partial charge in [-0.3, -0.25) is 19.6 Å². The molecule has 2 aromatic carbocycles. The fraction of sp³-hybridized carbons (Fsp3) is 0.314. The highest BCUT2D eigenvalue weighted by atomic mass is 16.5. The van der Waals surface area contributed by atoms with Gasteiger partial charge in [-0.25, -0.2) is 0 Å². The SMILES string of the molecule is CC=CC1=CN2C(=O)c3cc(OC)c(OCCCOc4cc5c(cc4OC)C(=O)N4C=C(C=CC)C[C@H]4C=N5)cc3N=C[C@@H]2C1. The van der Waals surface area contributed by atoms with Crippen molar-refractivity contribution in [1.29, 1.82) is 0 Å². The molecule has 0 aliphatic carbocycles. The lowest BCUT2D eigenvalue weighted by Crippen LogP contribution is -2.32. The van der Waals surface area contributed by atoms with Crippen LogP contribution < -0.4 is 18.9 Å². The zero-order valence-corrected chi connectivity index (χ0v) is 25.9. The second-order valence-electron chi connectivity index (χ2n) is 11.0. The molecule has 10 nitrogen and oxygen atoms in total. The highest BCUT2D eigenvalue weighted by Crippen LogP contribution is 2.40. The fourth-order valence-electron chi connectivity index (χ4n) is 5.88. The van der Waals surface area contributed by atoms with Crippen LogP contribution in [0.1, 0.15) is 53.8 Å². The Labute approximate surface area is 262 Å². The molecule has 0 unspecified atom stereocenters. The van der Waals surface area contributed by atoms with E-state index in [2.05, 4.69) is 9.98 Å². The topological polar surface area (TPSA) is 102 Å². The van der Waals surface area contributed by atoms with E-state index in [9.17, 15) is 9.59 Å². The number of nitrogens with zero attached hydrogens (tertiary/aromatic N) is 4. The van der Waals surface area contributed by atoms with Gasteiger partial charge in [-0.2, -0.15) is 0 Å². The van der Waals surface area contributed by atoms with Gasteiger partial charge in [0, 0.05) is 43.4 Å². The summed E-state index contributed by atoms with van der Waals surface area (Å²) in [5.41, 5.74) is 4.18. The number of allylic oxidation sites excluding steroid dienone is 4. The summed E-state index contributed by atoms with van der Waals surface area (Å²) < 4.78 is 23.3. The number of benzene rings is 2. The number of hydrogen-bond donors (Lipinski definition) is 0. The minimum absolute atomic E-state index is 0.123.